The molecule has 2 rings (SSSR count). The summed E-state index contributed by atoms with van der Waals surface area (Å²) in [6.45, 7) is 0. The first-order valence-corrected chi connectivity index (χ1v) is 6.27. The summed E-state index contributed by atoms with van der Waals surface area (Å²) in [6, 6.07) is 7.02. The average molecular weight is 377 g/mol. The number of amides is 1. The summed E-state index contributed by atoms with van der Waals surface area (Å²) in [4.78, 5) is 11.8. The molecule has 1 N–H and O–H groups in total. The summed E-state index contributed by atoms with van der Waals surface area (Å²) in [6.07, 6.45) is 0. The quantitative estimate of drug-likeness (QED) is 0.789. The van der Waals surface area contributed by atoms with E-state index < -0.39 is 23.4 Å². The highest BCUT2D eigenvalue weighted by molar-refractivity contribution is 14.1. The number of anilines is 1. The number of hydrogen-bond donors (Lipinski definition) is 1. The molecule has 0 saturated carbocycles. The number of carbonyl (C=O) groups excluding carboxylic acids is 1. The molecule has 98 valence electrons. The molecule has 0 heterocycles. The Kier molecular flexibility index (Phi) is 4.08. The van der Waals surface area contributed by atoms with Gasteiger partial charge in [-0.1, -0.05) is 6.07 Å². The molecule has 1 amide bonds. The van der Waals surface area contributed by atoms with Crippen LogP contribution < -0.4 is 5.32 Å². The highest BCUT2D eigenvalue weighted by Gasteiger charge is 2.12. The average Bonchev–Trinajstić information content (AvgIpc) is 2.38. The van der Waals surface area contributed by atoms with Crippen molar-refractivity contribution in [1.82, 2.24) is 0 Å². The van der Waals surface area contributed by atoms with Crippen LogP contribution >= 0.6 is 22.6 Å². The van der Waals surface area contributed by atoms with Crippen LogP contribution in [0, 0.1) is 21.0 Å². The molecule has 0 aromatic heterocycles. The number of benzene rings is 2. The van der Waals surface area contributed by atoms with Crippen molar-refractivity contribution in [3.05, 3.63) is 63.0 Å². The normalized spacial score (nSPS) is 10.3. The number of nitrogens with one attached hydrogen (secondary N) is 1. The first-order valence-electron chi connectivity index (χ1n) is 5.19. The zero-order valence-electron chi connectivity index (χ0n) is 9.38. The SMILES string of the molecule is O=C(Nc1cccc(F)c1I)c1ccc(F)c(F)c1. The van der Waals surface area contributed by atoms with Crippen LogP contribution in [0.1, 0.15) is 10.4 Å². The lowest BCUT2D eigenvalue weighted by molar-refractivity contribution is 0.102. The van der Waals surface area contributed by atoms with Crippen LogP contribution in [0.15, 0.2) is 36.4 Å². The first kappa shape index (κ1) is 13.9. The van der Waals surface area contributed by atoms with Crippen molar-refractivity contribution < 1.29 is 18.0 Å². The van der Waals surface area contributed by atoms with Crippen molar-refractivity contribution in [2.75, 3.05) is 5.32 Å². The van der Waals surface area contributed by atoms with Crippen molar-refractivity contribution in [1.29, 1.82) is 0 Å². The second-order valence-corrected chi connectivity index (χ2v) is 4.76. The summed E-state index contributed by atoms with van der Waals surface area (Å²) in [5.41, 5.74) is 0.231. The van der Waals surface area contributed by atoms with Gasteiger partial charge in [-0.25, -0.2) is 13.2 Å². The Labute approximate surface area is 120 Å². The molecular formula is C13H7F3INO. The second-order valence-electron chi connectivity index (χ2n) is 3.68. The van der Waals surface area contributed by atoms with Gasteiger partial charge in [0.1, 0.15) is 5.82 Å². The maximum Gasteiger partial charge on any atom is 0.255 e. The van der Waals surface area contributed by atoms with Gasteiger partial charge >= 0.3 is 0 Å². The van der Waals surface area contributed by atoms with E-state index in [9.17, 15) is 18.0 Å². The van der Waals surface area contributed by atoms with Crippen LogP contribution in [0.3, 0.4) is 0 Å². The molecule has 0 aliphatic rings. The topological polar surface area (TPSA) is 29.1 Å². The predicted molar refractivity (Wildman–Crippen MR) is 73.4 cm³/mol. The van der Waals surface area contributed by atoms with Gasteiger partial charge in [0.25, 0.3) is 5.91 Å². The van der Waals surface area contributed by atoms with E-state index in [1.165, 1.54) is 18.2 Å². The zero-order valence-corrected chi connectivity index (χ0v) is 11.5. The van der Waals surface area contributed by atoms with Gasteiger partial charge in [-0.15, -0.1) is 0 Å². The fourth-order valence-electron chi connectivity index (χ4n) is 1.43. The molecule has 0 spiro atoms. The molecule has 0 bridgehead atoms. The molecule has 2 aromatic rings. The summed E-state index contributed by atoms with van der Waals surface area (Å²) in [5.74, 6) is -3.25. The Bertz CT molecular complexity index is 646. The van der Waals surface area contributed by atoms with Crippen molar-refractivity contribution in [3.8, 4) is 0 Å². The molecular weight excluding hydrogens is 370 g/mol. The lowest BCUT2D eigenvalue weighted by Crippen LogP contribution is -2.13. The fourth-order valence-corrected chi connectivity index (χ4v) is 1.93. The summed E-state index contributed by atoms with van der Waals surface area (Å²) >= 11 is 1.75. The van der Waals surface area contributed by atoms with Crippen LogP contribution in [0.5, 0.6) is 0 Å². The minimum absolute atomic E-state index is 0.0426. The molecule has 0 fully saturated rings. The van der Waals surface area contributed by atoms with Crippen LogP contribution in [0.2, 0.25) is 0 Å². The van der Waals surface area contributed by atoms with Crippen LogP contribution in [0.4, 0.5) is 18.9 Å². The molecule has 0 aliphatic carbocycles. The Balaban J connectivity index is 2.26. The smallest absolute Gasteiger partial charge is 0.255 e. The molecule has 2 nitrogen and oxygen atoms in total. The van der Waals surface area contributed by atoms with Gasteiger partial charge in [-0.2, -0.15) is 0 Å². The van der Waals surface area contributed by atoms with Gasteiger partial charge in [0.2, 0.25) is 0 Å². The molecule has 0 atom stereocenters. The van der Waals surface area contributed by atoms with Crippen LogP contribution in [-0.2, 0) is 0 Å². The fraction of sp³-hybridized carbons (Fsp3) is 0. The monoisotopic (exact) mass is 377 g/mol. The van der Waals surface area contributed by atoms with E-state index in [1.54, 1.807) is 22.6 Å². The minimum Gasteiger partial charge on any atom is -0.321 e. The molecule has 0 saturated heterocycles. The molecule has 0 radical (unpaired) electrons. The number of rotatable bonds is 2. The lowest BCUT2D eigenvalue weighted by atomic mass is 10.2. The van der Waals surface area contributed by atoms with E-state index >= 15 is 0 Å². The highest BCUT2D eigenvalue weighted by atomic mass is 127. The third-order valence-corrected chi connectivity index (χ3v) is 3.48. The predicted octanol–water partition coefficient (Wildman–Crippen LogP) is 3.96. The Morgan fingerprint density at radius 2 is 1.74 bits per heavy atom. The Hall–Kier alpha value is -1.57. The molecule has 0 aliphatic heterocycles. The van der Waals surface area contributed by atoms with Gasteiger partial charge in [-0.3, -0.25) is 4.79 Å². The van der Waals surface area contributed by atoms with Crippen molar-refractivity contribution in [2.24, 2.45) is 0 Å². The lowest BCUT2D eigenvalue weighted by Gasteiger charge is -2.08. The minimum atomic E-state index is -1.11. The molecule has 19 heavy (non-hydrogen) atoms. The largest absolute Gasteiger partial charge is 0.321 e. The van der Waals surface area contributed by atoms with E-state index in [0.717, 1.165) is 18.2 Å². The van der Waals surface area contributed by atoms with E-state index in [0.29, 0.717) is 0 Å². The highest BCUT2D eigenvalue weighted by Crippen LogP contribution is 2.21. The standard InChI is InChI=1S/C13H7F3INO/c14-8-5-4-7(6-10(8)16)13(19)18-11-3-1-2-9(15)12(11)17/h1-6H,(H,18,19). The van der Waals surface area contributed by atoms with Crippen LogP contribution in [-0.4, -0.2) is 5.91 Å². The maximum absolute atomic E-state index is 13.3. The summed E-state index contributed by atoms with van der Waals surface area (Å²) < 4.78 is 39.3. The Morgan fingerprint density at radius 3 is 2.42 bits per heavy atom. The van der Waals surface area contributed by atoms with Gasteiger partial charge < -0.3 is 5.32 Å². The van der Waals surface area contributed by atoms with Crippen LogP contribution in [0.25, 0.3) is 0 Å². The van der Waals surface area contributed by atoms with Gasteiger partial charge in [0, 0.05) is 5.56 Å². The number of hydrogen-bond acceptors (Lipinski definition) is 1. The van der Waals surface area contributed by atoms with E-state index in [1.807, 2.05) is 0 Å². The third-order valence-electron chi connectivity index (χ3n) is 2.38. The van der Waals surface area contributed by atoms with E-state index in [-0.39, 0.29) is 14.8 Å². The van der Waals surface area contributed by atoms with Gasteiger partial charge in [-0.05, 0) is 52.9 Å². The third kappa shape index (κ3) is 3.06. The van der Waals surface area contributed by atoms with Crippen molar-refractivity contribution >= 4 is 34.2 Å². The number of halogens is 4. The molecule has 0 unspecified atom stereocenters. The summed E-state index contributed by atoms with van der Waals surface area (Å²) in [7, 11) is 0. The first-order chi connectivity index (χ1) is 8.99. The molecule has 2 aromatic carbocycles. The van der Waals surface area contributed by atoms with E-state index in [4.69, 9.17) is 0 Å². The van der Waals surface area contributed by atoms with Crippen molar-refractivity contribution in [3.63, 3.8) is 0 Å². The zero-order chi connectivity index (χ0) is 14.0. The Morgan fingerprint density at radius 1 is 1.00 bits per heavy atom. The summed E-state index contributed by atoms with van der Waals surface area (Å²) in [5, 5.41) is 2.44. The maximum atomic E-state index is 13.3. The molecule has 6 heteroatoms. The number of carbonyl (C=O) groups is 1. The van der Waals surface area contributed by atoms with E-state index in [2.05, 4.69) is 5.32 Å². The van der Waals surface area contributed by atoms with Gasteiger partial charge in [0.15, 0.2) is 11.6 Å². The van der Waals surface area contributed by atoms with Gasteiger partial charge in [0.05, 0.1) is 9.26 Å². The second kappa shape index (κ2) is 5.60. The van der Waals surface area contributed by atoms with Crippen molar-refractivity contribution in [2.45, 2.75) is 0 Å².